The Morgan fingerprint density at radius 2 is 1.89 bits per heavy atom. The van der Waals surface area contributed by atoms with Gasteiger partial charge in [0.1, 0.15) is 11.4 Å². The minimum atomic E-state index is -1.55. The van der Waals surface area contributed by atoms with Crippen molar-refractivity contribution in [3.63, 3.8) is 0 Å². The molecule has 6 heteroatoms. The van der Waals surface area contributed by atoms with Gasteiger partial charge >= 0.3 is 0 Å². The van der Waals surface area contributed by atoms with Crippen molar-refractivity contribution >= 4 is 0 Å². The molecular weight excluding hydrogens is 257 g/mol. The average Bonchev–Trinajstić information content (AvgIpc) is 2.44. The van der Waals surface area contributed by atoms with E-state index in [9.17, 15) is 13.2 Å². The Hall–Kier alpha value is -2.08. The van der Waals surface area contributed by atoms with Crippen LogP contribution in [0.1, 0.15) is 17.3 Å². The van der Waals surface area contributed by atoms with Crippen LogP contribution < -0.4 is 10.5 Å². The van der Waals surface area contributed by atoms with Crippen LogP contribution in [0, 0.1) is 17.5 Å². The van der Waals surface area contributed by atoms with Crippen LogP contribution >= 0.6 is 0 Å². The van der Waals surface area contributed by atoms with Gasteiger partial charge in [-0.05, 0) is 18.2 Å². The van der Waals surface area contributed by atoms with Crippen LogP contribution in [0.5, 0.6) is 5.75 Å². The van der Waals surface area contributed by atoms with Gasteiger partial charge in [-0.1, -0.05) is 6.07 Å². The molecule has 2 aromatic rings. The highest BCUT2D eigenvalue weighted by atomic mass is 19.2. The van der Waals surface area contributed by atoms with E-state index >= 15 is 0 Å². The lowest BCUT2D eigenvalue weighted by atomic mass is 10.0. The fourth-order valence-electron chi connectivity index (χ4n) is 1.74. The van der Waals surface area contributed by atoms with Crippen molar-refractivity contribution in [3.05, 3.63) is 59.2 Å². The summed E-state index contributed by atoms with van der Waals surface area (Å²) in [5.41, 5.74) is 5.90. The first-order valence-corrected chi connectivity index (χ1v) is 5.44. The quantitative estimate of drug-likeness (QED) is 0.870. The highest BCUT2D eigenvalue weighted by molar-refractivity contribution is 5.37. The number of aromatic nitrogens is 1. The average molecular weight is 268 g/mol. The highest BCUT2D eigenvalue weighted by Gasteiger charge is 2.22. The van der Waals surface area contributed by atoms with Crippen molar-refractivity contribution in [2.75, 3.05) is 7.11 Å². The van der Waals surface area contributed by atoms with Crippen LogP contribution in [0.15, 0.2) is 30.5 Å². The second kappa shape index (κ2) is 5.27. The fraction of sp³-hybridized carbons (Fsp3) is 0.154. The Morgan fingerprint density at radius 3 is 2.58 bits per heavy atom. The van der Waals surface area contributed by atoms with Gasteiger partial charge in [-0.25, -0.2) is 13.2 Å². The van der Waals surface area contributed by atoms with Crippen LogP contribution in [-0.2, 0) is 0 Å². The monoisotopic (exact) mass is 268 g/mol. The van der Waals surface area contributed by atoms with Gasteiger partial charge in [-0.2, -0.15) is 0 Å². The normalized spacial score (nSPS) is 12.3. The molecule has 1 aromatic carbocycles. The maximum atomic E-state index is 13.7. The molecule has 0 aliphatic heterocycles. The summed E-state index contributed by atoms with van der Waals surface area (Å²) in [7, 11) is 1.41. The summed E-state index contributed by atoms with van der Waals surface area (Å²) in [5.74, 6) is -3.79. The molecule has 100 valence electrons. The Balaban J connectivity index is 2.50. The smallest absolute Gasteiger partial charge is 0.194 e. The van der Waals surface area contributed by atoms with Crippen LogP contribution in [0.3, 0.4) is 0 Å². The number of hydrogen-bond acceptors (Lipinski definition) is 3. The van der Waals surface area contributed by atoms with Gasteiger partial charge in [-0.3, -0.25) is 4.98 Å². The molecule has 1 aromatic heterocycles. The SMILES string of the molecule is COc1cccnc1C(N)c1ccc(F)c(F)c1F. The van der Waals surface area contributed by atoms with E-state index in [-0.39, 0.29) is 11.3 Å². The van der Waals surface area contributed by atoms with Crippen molar-refractivity contribution in [2.45, 2.75) is 6.04 Å². The molecule has 1 unspecified atom stereocenters. The molecule has 0 bridgehead atoms. The van der Waals surface area contributed by atoms with Crippen molar-refractivity contribution in [1.29, 1.82) is 0 Å². The summed E-state index contributed by atoms with van der Waals surface area (Å²) >= 11 is 0. The third kappa shape index (κ3) is 2.39. The molecule has 19 heavy (non-hydrogen) atoms. The lowest BCUT2D eigenvalue weighted by Gasteiger charge is -2.15. The minimum absolute atomic E-state index is 0.184. The molecule has 0 spiro atoms. The predicted octanol–water partition coefficient (Wildman–Crippen LogP) is 2.56. The summed E-state index contributed by atoms with van der Waals surface area (Å²) in [6.45, 7) is 0. The van der Waals surface area contributed by atoms with Crippen LogP contribution in [-0.4, -0.2) is 12.1 Å². The van der Waals surface area contributed by atoms with Crippen molar-refractivity contribution in [3.8, 4) is 5.75 Å². The van der Waals surface area contributed by atoms with E-state index in [4.69, 9.17) is 10.5 Å². The number of nitrogens with two attached hydrogens (primary N) is 1. The number of halogens is 3. The molecule has 1 atom stereocenters. The molecular formula is C13H11F3N2O. The van der Waals surface area contributed by atoms with Crippen LogP contribution in [0.25, 0.3) is 0 Å². The number of nitrogens with zero attached hydrogens (tertiary/aromatic N) is 1. The van der Waals surface area contributed by atoms with Gasteiger partial charge in [0, 0.05) is 11.8 Å². The lowest BCUT2D eigenvalue weighted by Crippen LogP contribution is -2.17. The Kier molecular flexibility index (Phi) is 3.71. The first kappa shape index (κ1) is 13.4. The molecule has 0 amide bonds. The zero-order valence-electron chi connectivity index (χ0n) is 10.0. The number of benzene rings is 1. The summed E-state index contributed by atoms with van der Waals surface area (Å²) < 4.78 is 44.8. The minimum Gasteiger partial charge on any atom is -0.495 e. The van der Waals surface area contributed by atoms with E-state index in [1.807, 2.05) is 0 Å². The second-order valence-corrected chi connectivity index (χ2v) is 3.83. The molecule has 3 nitrogen and oxygen atoms in total. The molecule has 0 radical (unpaired) electrons. The standard InChI is InChI=1S/C13H11F3N2O/c1-19-9-3-2-6-18-13(9)12(17)7-4-5-8(14)11(16)10(7)15/h2-6,12H,17H2,1H3. The Bertz CT molecular complexity index is 604. The third-order valence-electron chi connectivity index (χ3n) is 2.71. The summed E-state index contributed by atoms with van der Waals surface area (Å²) in [4.78, 5) is 3.99. The van der Waals surface area contributed by atoms with Crippen molar-refractivity contribution in [2.24, 2.45) is 5.73 Å². The van der Waals surface area contributed by atoms with Gasteiger partial charge in [0.25, 0.3) is 0 Å². The molecule has 0 aliphatic rings. The first-order chi connectivity index (χ1) is 9.06. The van der Waals surface area contributed by atoms with Crippen molar-refractivity contribution in [1.82, 2.24) is 4.98 Å². The highest BCUT2D eigenvalue weighted by Crippen LogP contribution is 2.28. The van der Waals surface area contributed by atoms with Gasteiger partial charge in [0.2, 0.25) is 0 Å². The Morgan fingerprint density at radius 1 is 1.16 bits per heavy atom. The molecule has 0 fully saturated rings. The lowest BCUT2D eigenvalue weighted by molar-refractivity contribution is 0.402. The topological polar surface area (TPSA) is 48.1 Å². The maximum Gasteiger partial charge on any atom is 0.194 e. The predicted molar refractivity (Wildman–Crippen MR) is 63.1 cm³/mol. The summed E-state index contributed by atoms with van der Waals surface area (Å²) in [6.07, 6.45) is 1.45. The number of ether oxygens (including phenoxy) is 1. The van der Waals surface area contributed by atoms with Gasteiger partial charge < -0.3 is 10.5 Å². The number of methoxy groups -OCH3 is 1. The molecule has 0 saturated carbocycles. The van der Waals surface area contributed by atoms with E-state index < -0.39 is 23.5 Å². The van der Waals surface area contributed by atoms with E-state index in [1.54, 1.807) is 12.1 Å². The number of rotatable bonds is 3. The van der Waals surface area contributed by atoms with Crippen LogP contribution in [0.4, 0.5) is 13.2 Å². The second-order valence-electron chi connectivity index (χ2n) is 3.83. The van der Waals surface area contributed by atoms with Crippen molar-refractivity contribution < 1.29 is 17.9 Å². The van der Waals surface area contributed by atoms with Gasteiger partial charge in [-0.15, -0.1) is 0 Å². The van der Waals surface area contributed by atoms with E-state index in [1.165, 1.54) is 13.3 Å². The molecule has 2 rings (SSSR count). The van der Waals surface area contributed by atoms with E-state index in [2.05, 4.69) is 4.98 Å². The number of pyridine rings is 1. The summed E-state index contributed by atoms with van der Waals surface area (Å²) in [6, 6.07) is 4.08. The zero-order valence-corrected chi connectivity index (χ0v) is 10.0. The molecule has 0 saturated heterocycles. The fourth-order valence-corrected chi connectivity index (χ4v) is 1.74. The van der Waals surface area contributed by atoms with Gasteiger partial charge in [0.15, 0.2) is 17.5 Å². The van der Waals surface area contributed by atoms with Crippen LogP contribution in [0.2, 0.25) is 0 Å². The maximum absolute atomic E-state index is 13.7. The molecule has 2 N–H and O–H groups in total. The number of hydrogen-bond donors (Lipinski definition) is 1. The third-order valence-corrected chi connectivity index (χ3v) is 2.71. The van der Waals surface area contributed by atoms with E-state index in [0.29, 0.717) is 5.75 Å². The van der Waals surface area contributed by atoms with Gasteiger partial charge in [0.05, 0.1) is 13.2 Å². The molecule has 1 heterocycles. The largest absolute Gasteiger partial charge is 0.495 e. The summed E-state index contributed by atoms with van der Waals surface area (Å²) in [5, 5.41) is 0. The molecule has 0 aliphatic carbocycles. The van der Waals surface area contributed by atoms with E-state index in [0.717, 1.165) is 12.1 Å². The first-order valence-electron chi connectivity index (χ1n) is 5.44. The zero-order chi connectivity index (χ0) is 14.0. The Labute approximate surface area is 107 Å².